The van der Waals surface area contributed by atoms with Gasteiger partial charge in [-0.2, -0.15) is 0 Å². The molecule has 0 fully saturated rings. The van der Waals surface area contributed by atoms with Gasteiger partial charge in [-0.25, -0.2) is 4.98 Å². The lowest BCUT2D eigenvalue weighted by molar-refractivity contribution is 0.680. The van der Waals surface area contributed by atoms with Gasteiger partial charge in [-0.1, -0.05) is 18.2 Å². The van der Waals surface area contributed by atoms with E-state index in [2.05, 4.69) is 33.5 Å². The molecule has 0 spiro atoms. The van der Waals surface area contributed by atoms with Gasteiger partial charge in [-0.05, 0) is 49.4 Å². The number of hydrogen-bond acceptors (Lipinski definition) is 2. The van der Waals surface area contributed by atoms with E-state index in [-0.39, 0.29) is 0 Å². The number of aromatic nitrogens is 2. The minimum atomic E-state index is 1.01. The van der Waals surface area contributed by atoms with E-state index < -0.39 is 0 Å². The van der Waals surface area contributed by atoms with Gasteiger partial charge in [0.25, 0.3) is 0 Å². The molecule has 0 saturated heterocycles. The summed E-state index contributed by atoms with van der Waals surface area (Å²) in [7, 11) is 0. The van der Waals surface area contributed by atoms with Crippen molar-refractivity contribution in [3.05, 3.63) is 53.9 Å². The lowest BCUT2D eigenvalue weighted by atomic mass is 9.95. The zero-order chi connectivity index (χ0) is 13.4. The quantitative estimate of drug-likeness (QED) is 0.728. The van der Waals surface area contributed by atoms with E-state index in [0.29, 0.717) is 0 Å². The molecule has 20 heavy (non-hydrogen) atoms. The third kappa shape index (κ3) is 1.86. The Morgan fingerprint density at radius 3 is 2.75 bits per heavy atom. The van der Waals surface area contributed by atoms with Crippen molar-refractivity contribution in [3.8, 4) is 0 Å². The Bertz CT molecular complexity index is 744. The number of rotatable bonds is 2. The van der Waals surface area contributed by atoms with Crippen molar-refractivity contribution in [1.82, 2.24) is 9.97 Å². The summed E-state index contributed by atoms with van der Waals surface area (Å²) < 4.78 is 0. The zero-order valence-electron chi connectivity index (χ0n) is 11.3. The van der Waals surface area contributed by atoms with E-state index in [1.54, 1.807) is 0 Å². The Morgan fingerprint density at radius 1 is 1.00 bits per heavy atom. The molecule has 1 aliphatic carbocycles. The number of nitrogens with one attached hydrogen (secondary N) is 2. The van der Waals surface area contributed by atoms with E-state index in [4.69, 9.17) is 0 Å². The van der Waals surface area contributed by atoms with Crippen molar-refractivity contribution in [3.63, 3.8) is 0 Å². The molecule has 0 saturated carbocycles. The van der Waals surface area contributed by atoms with Gasteiger partial charge in [0.1, 0.15) is 5.65 Å². The highest BCUT2D eigenvalue weighted by Gasteiger charge is 2.18. The van der Waals surface area contributed by atoms with Crippen molar-refractivity contribution in [2.75, 3.05) is 5.32 Å². The predicted octanol–water partition coefficient (Wildman–Crippen LogP) is 4.19. The Hall–Kier alpha value is -2.29. The van der Waals surface area contributed by atoms with Crippen LogP contribution in [0.15, 0.2) is 42.6 Å². The monoisotopic (exact) mass is 263 g/mol. The van der Waals surface area contributed by atoms with Crippen molar-refractivity contribution in [1.29, 1.82) is 0 Å². The van der Waals surface area contributed by atoms with E-state index in [1.807, 2.05) is 24.4 Å². The molecular formula is C17H17N3. The molecule has 3 aromatic rings. The zero-order valence-corrected chi connectivity index (χ0v) is 11.3. The average Bonchev–Trinajstić information content (AvgIpc) is 2.88. The molecule has 0 aliphatic heterocycles. The molecule has 2 aromatic heterocycles. The summed E-state index contributed by atoms with van der Waals surface area (Å²) in [6.45, 7) is 0. The molecule has 0 unspecified atom stereocenters. The van der Waals surface area contributed by atoms with Crippen molar-refractivity contribution in [2.24, 2.45) is 0 Å². The Kier molecular flexibility index (Phi) is 2.69. The largest absolute Gasteiger partial charge is 0.355 e. The first-order valence-corrected chi connectivity index (χ1v) is 7.22. The van der Waals surface area contributed by atoms with Crippen LogP contribution < -0.4 is 5.32 Å². The van der Waals surface area contributed by atoms with Crippen molar-refractivity contribution < 1.29 is 0 Å². The molecular weight excluding hydrogens is 246 g/mol. The van der Waals surface area contributed by atoms with Crippen LogP contribution in [-0.4, -0.2) is 9.97 Å². The Balaban J connectivity index is 1.85. The number of H-pyrrole nitrogens is 1. The van der Waals surface area contributed by atoms with Crippen LogP contribution in [0.4, 0.5) is 11.4 Å². The minimum absolute atomic E-state index is 1.01. The third-order valence-corrected chi connectivity index (χ3v) is 4.04. The van der Waals surface area contributed by atoms with Crippen LogP contribution in [0.5, 0.6) is 0 Å². The number of nitrogens with zero attached hydrogens (tertiary/aromatic N) is 1. The smallest absolute Gasteiger partial charge is 0.139 e. The molecule has 1 aliphatic rings. The summed E-state index contributed by atoms with van der Waals surface area (Å²) in [6.07, 6.45) is 6.73. The van der Waals surface area contributed by atoms with Crippen LogP contribution in [0, 0.1) is 0 Å². The molecule has 3 heteroatoms. The fourth-order valence-corrected chi connectivity index (χ4v) is 3.11. The number of fused-ring (bicyclic) bond motifs is 3. The Labute approximate surface area is 118 Å². The van der Waals surface area contributed by atoms with Crippen LogP contribution >= 0.6 is 0 Å². The first-order chi connectivity index (χ1) is 9.92. The van der Waals surface area contributed by atoms with Gasteiger partial charge in [0, 0.05) is 23.0 Å². The number of benzene rings is 1. The number of anilines is 2. The van der Waals surface area contributed by atoms with Crippen LogP contribution in [0.1, 0.15) is 24.1 Å². The second kappa shape index (κ2) is 4.67. The average molecular weight is 263 g/mol. The fraction of sp³-hybridized carbons (Fsp3) is 0.235. The fourth-order valence-electron chi connectivity index (χ4n) is 3.11. The lowest BCUT2D eigenvalue weighted by Crippen LogP contribution is -2.01. The van der Waals surface area contributed by atoms with Crippen molar-refractivity contribution >= 4 is 22.4 Å². The summed E-state index contributed by atoms with van der Waals surface area (Å²) in [4.78, 5) is 7.98. The van der Waals surface area contributed by atoms with E-state index >= 15 is 0 Å². The minimum Gasteiger partial charge on any atom is -0.355 e. The van der Waals surface area contributed by atoms with Crippen LogP contribution in [0.25, 0.3) is 11.0 Å². The van der Waals surface area contributed by atoms with Gasteiger partial charge in [0.2, 0.25) is 0 Å². The van der Waals surface area contributed by atoms with Gasteiger partial charge in [0.15, 0.2) is 0 Å². The molecule has 3 nitrogen and oxygen atoms in total. The maximum absolute atomic E-state index is 4.49. The number of pyridine rings is 1. The summed E-state index contributed by atoms with van der Waals surface area (Å²) in [5, 5.41) is 4.79. The number of aryl methyl sites for hydroxylation is 2. The number of aromatic amines is 1. The highest BCUT2D eigenvalue weighted by molar-refractivity contribution is 5.95. The summed E-state index contributed by atoms with van der Waals surface area (Å²) >= 11 is 0. The molecule has 4 rings (SSSR count). The Morgan fingerprint density at radius 2 is 1.85 bits per heavy atom. The molecule has 0 bridgehead atoms. The normalized spacial score (nSPS) is 14.2. The first kappa shape index (κ1) is 11.5. The van der Waals surface area contributed by atoms with Gasteiger partial charge in [-0.15, -0.1) is 0 Å². The highest BCUT2D eigenvalue weighted by Crippen LogP contribution is 2.34. The summed E-state index contributed by atoms with van der Waals surface area (Å²) in [6, 6.07) is 12.4. The molecule has 0 atom stereocenters. The van der Waals surface area contributed by atoms with Crippen molar-refractivity contribution in [2.45, 2.75) is 25.7 Å². The molecule has 100 valence electrons. The maximum Gasteiger partial charge on any atom is 0.139 e. The standard InChI is InChI=1S/C17H17N3/c1-2-6-12(7-3-1)19-15-10-11-18-17-16(15)13-8-4-5-9-14(13)20-17/h1-3,6-7,10-11H,4-5,8-9H2,(H2,18,19,20). The summed E-state index contributed by atoms with van der Waals surface area (Å²) in [5.41, 5.74) is 6.11. The van der Waals surface area contributed by atoms with E-state index in [9.17, 15) is 0 Å². The second-order valence-corrected chi connectivity index (χ2v) is 5.36. The molecule has 2 heterocycles. The SMILES string of the molecule is c1ccc(Nc2ccnc3[nH]c4c(c23)CCCC4)cc1. The first-order valence-electron chi connectivity index (χ1n) is 7.22. The van der Waals surface area contributed by atoms with Crippen LogP contribution in [-0.2, 0) is 12.8 Å². The molecule has 2 N–H and O–H groups in total. The highest BCUT2D eigenvalue weighted by atomic mass is 14.9. The van der Waals surface area contributed by atoms with Crippen LogP contribution in [0.2, 0.25) is 0 Å². The van der Waals surface area contributed by atoms with Gasteiger partial charge in [-0.3, -0.25) is 0 Å². The van der Waals surface area contributed by atoms with Gasteiger partial charge >= 0.3 is 0 Å². The topological polar surface area (TPSA) is 40.7 Å². The third-order valence-electron chi connectivity index (χ3n) is 4.04. The molecule has 0 radical (unpaired) electrons. The maximum atomic E-state index is 4.49. The molecule has 1 aromatic carbocycles. The van der Waals surface area contributed by atoms with Gasteiger partial charge in [0.05, 0.1) is 5.69 Å². The summed E-state index contributed by atoms with van der Waals surface area (Å²) in [5.74, 6) is 0. The second-order valence-electron chi connectivity index (χ2n) is 5.36. The predicted molar refractivity (Wildman–Crippen MR) is 82.5 cm³/mol. The van der Waals surface area contributed by atoms with Gasteiger partial charge < -0.3 is 10.3 Å². The number of hydrogen-bond donors (Lipinski definition) is 2. The molecule has 0 amide bonds. The lowest BCUT2D eigenvalue weighted by Gasteiger charge is -2.13. The van der Waals surface area contributed by atoms with Crippen LogP contribution in [0.3, 0.4) is 0 Å². The van der Waals surface area contributed by atoms with E-state index in [1.165, 1.54) is 29.5 Å². The van der Waals surface area contributed by atoms with E-state index in [0.717, 1.165) is 29.9 Å². The number of para-hydroxylation sites is 1.